The highest BCUT2D eigenvalue weighted by molar-refractivity contribution is 6.30. The molecular formula is C17H17ClN6. The lowest BCUT2D eigenvalue weighted by Crippen LogP contribution is -2.30. The Hall–Kier alpha value is -2.47. The average Bonchev–Trinajstić information content (AvgIpc) is 2.62. The molecule has 6 nitrogen and oxygen atoms in total. The number of benzene rings is 1. The minimum Gasteiger partial charge on any atom is -0.355 e. The quantitative estimate of drug-likeness (QED) is 0.782. The first-order valence-corrected chi connectivity index (χ1v) is 8.44. The highest BCUT2D eigenvalue weighted by Gasteiger charge is 2.18. The molecule has 0 atom stereocenters. The second kappa shape index (κ2) is 6.57. The summed E-state index contributed by atoms with van der Waals surface area (Å²) < 4.78 is 0. The van der Waals surface area contributed by atoms with Gasteiger partial charge in [0.2, 0.25) is 5.95 Å². The lowest BCUT2D eigenvalue weighted by molar-refractivity contribution is 0.574. The number of anilines is 3. The van der Waals surface area contributed by atoms with Gasteiger partial charge in [-0.15, -0.1) is 0 Å². The van der Waals surface area contributed by atoms with Crippen molar-refractivity contribution in [2.45, 2.75) is 19.3 Å². The van der Waals surface area contributed by atoms with Crippen LogP contribution in [0.3, 0.4) is 0 Å². The van der Waals surface area contributed by atoms with Crippen molar-refractivity contribution in [1.29, 1.82) is 0 Å². The molecule has 1 aliphatic rings. The number of fused-ring (bicyclic) bond motifs is 1. The van der Waals surface area contributed by atoms with Crippen LogP contribution in [0.25, 0.3) is 11.2 Å². The summed E-state index contributed by atoms with van der Waals surface area (Å²) in [6.07, 6.45) is 6.94. The van der Waals surface area contributed by atoms with E-state index >= 15 is 0 Å². The molecule has 3 aromatic rings. The summed E-state index contributed by atoms with van der Waals surface area (Å²) in [7, 11) is 0. The topological polar surface area (TPSA) is 66.8 Å². The Morgan fingerprint density at radius 3 is 2.67 bits per heavy atom. The molecule has 24 heavy (non-hydrogen) atoms. The fourth-order valence-corrected chi connectivity index (χ4v) is 3.12. The third-order valence-corrected chi connectivity index (χ3v) is 4.29. The molecule has 0 spiro atoms. The lowest BCUT2D eigenvalue weighted by Gasteiger charge is -2.28. The first kappa shape index (κ1) is 15.1. The summed E-state index contributed by atoms with van der Waals surface area (Å²) >= 11 is 6.05. The molecule has 122 valence electrons. The van der Waals surface area contributed by atoms with Gasteiger partial charge in [-0.3, -0.25) is 0 Å². The number of hydrogen-bond donors (Lipinski definition) is 1. The third kappa shape index (κ3) is 3.10. The molecule has 3 heterocycles. The van der Waals surface area contributed by atoms with E-state index in [4.69, 9.17) is 16.6 Å². The van der Waals surface area contributed by atoms with Gasteiger partial charge < -0.3 is 10.2 Å². The fraction of sp³-hybridized carbons (Fsp3) is 0.294. The van der Waals surface area contributed by atoms with Gasteiger partial charge in [0.1, 0.15) is 0 Å². The first-order chi connectivity index (χ1) is 11.8. The summed E-state index contributed by atoms with van der Waals surface area (Å²) in [5, 5.41) is 3.88. The maximum atomic E-state index is 6.05. The normalized spacial score (nSPS) is 14.8. The van der Waals surface area contributed by atoms with Crippen LogP contribution in [-0.4, -0.2) is 33.0 Å². The predicted octanol–water partition coefficient (Wildman–Crippen LogP) is 3.81. The number of aromatic nitrogens is 4. The van der Waals surface area contributed by atoms with Crippen LogP contribution in [0.4, 0.5) is 17.5 Å². The van der Waals surface area contributed by atoms with Crippen LogP contribution >= 0.6 is 11.6 Å². The molecule has 1 N–H and O–H groups in total. The van der Waals surface area contributed by atoms with E-state index in [0.29, 0.717) is 16.6 Å². The van der Waals surface area contributed by atoms with E-state index in [0.717, 1.165) is 30.1 Å². The van der Waals surface area contributed by atoms with Gasteiger partial charge in [0.05, 0.1) is 0 Å². The van der Waals surface area contributed by atoms with E-state index in [2.05, 4.69) is 25.2 Å². The van der Waals surface area contributed by atoms with Crippen molar-refractivity contribution in [1.82, 2.24) is 19.9 Å². The largest absolute Gasteiger partial charge is 0.355 e. The molecule has 0 bridgehead atoms. The Morgan fingerprint density at radius 1 is 1.00 bits per heavy atom. The fourth-order valence-electron chi connectivity index (χ4n) is 2.93. The summed E-state index contributed by atoms with van der Waals surface area (Å²) in [6, 6.07) is 7.48. The van der Waals surface area contributed by atoms with Crippen LogP contribution in [0.5, 0.6) is 0 Å². The zero-order valence-corrected chi connectivity index (χ0v) is 13.9. The van der Waals surface area contributed by atoms with Crippen molar-refractivity contribution in [2.75, 3.05) is 23.3 Å². The summed E-state index contributed by atoms with van der Waals surface area (Å²) in [4.78, 5) is 20.3. The number of halogens is 1. The molecule has 0 radical (unpaired) electrons. The van der Waals surface area contributed by atoms with E-state index in [-0.39, 0.29) is 0 Å². The maximum absolute atomic E-state index is 6.05. The van der Waals surface area contributed by atoms with E-state index in [1.54, 1.807) is 12.4 Å². The van der Waals surface area contributed by atoms with Crippen molar-refractivity contribution in [3.63, 3.8) is 0 Å². The predicted molar refractivity (Wildman–Crippen MR) is 95.9 cm³/mol. The van der Waals surface area contributed by atoms with Crippen LogP contribution in [-0.2, 0) is 0 Å². The molecule has 1 aromatic carbocycles. The Kier molecular flexibility index (Phi) is 4.13. The molecule has 7 heteroatoms. The highest BCUT2D eigenvalue weighted by Crippen LogP contribution is 2.26. The van der Waals surface area contributed by atoms with Crippen LogP contribution in [0.15, 0.2) is 36.7 Å². The molecular weight excluding hydrogens is 324 g/mol. The second-order valence-corrected chi connectivity index (χ2v) is 6.22. The minimum absolute atomic E-state index is 0.505. The molecule has 0 saturated carbocycles. The van der Waals surface area contributed by atoms with Crippen LogP contribution in [0.2, 0.25) is 5.02 Å². The smallest absolute Gasteiger partial charge is 0.231 e. The van der Waals surface area contributed by atoms with Gasteiger partial charge in [0.25, 0.3) is 0 Å². The van der Waals surface area contributed by atoms with Crippen molar-refractivity contribution in [3.8, 4) is 0 Å². The molecule has 2 aromatic heterocycles. The monoisotopic (exact) mass is 340 g/mol. The van der Waals surface area contributed by atoms with Gasteiger partial charge in [-0.1, -0.05) is 17.7 Å². The number of nitrogens with one attached hydrogen (secondary N) is 1. The maximum Gasteiger partial charge on any atom is 0.231 e. The van der Waals surface area contributed by atoms with Gasteiger partial charge in [-0.05, 0) is 37.5 Å². The Labute approximate surface area is 144 Å². The van der Waals surface area contributed by atoms with Gasteiger partial charge in [0, 0.05) is 36.2 Å². The first-order valence-electron chi connectivity index (χ1n) is 8.06. The molecule has 1 fully saturated rings. The average molecular weight is 341 g/mol. The molecule has 0 amide bonds. The highest BCUT2D eigenvalue weighted by atomic mass is 35.5. The number of piperidine rings is 1. The van der Waals surface area contributed by atoms with E-state index < -0.39 is 0 Å². The standard InChI is InChI=1S/C17H17ClN6/c18-12-5-4-6-13(11-12)21-17-22-15-14(19-7-8-20-15)16(23-17)24-9-2-1-3-10-24/h4-8,11H,1-3,9-10H2,(H,20,21,22,23). The SMILES string of the molecule is Clc1cccc(Nc2nc(N3CCCCC3)c3nccnc3n2)c1. The van der Waals surface area contributed by atoms with Crippen LogP contribution in [0, 0.1) is 0 Å². The van der Waals surface area contributed by atoms with Crippen LogP contribution in [0.1, 0.15) is 19.3 Å². The second-order valence-electron chi connectivity index (χ2n) is 5.78. The van der Waals surface area contributed by atoms with Gasteiger partial charge in [0.15, 0.2) is 17.0 Å². The number of rotatable bonds is 3. The molecule has 1 aliphatic heterocycles. The molecule has 0 unspecified atom stereocenters. The Bertz CT molecular complexity index is 863. The van der Waals surface area contributed by atoms with Crippen LogP contribution < -0.4 is 10.2 Å². The van der Waals surface area contributed by atoms with Crippen molar-refractivity contribution in [2.24, 2.45) is 0 Å². The molecule has 0 aliphatic carbocycles. The lowest BCUT2D eigenvalue weighted by atomic mass is 10.1. The van der Waals surface area contributed by atoms with E-state index in [1.165, 1.54) is 19.3 Å². The summed E-state index contributed by atoms with van der Waals surface area (Å²) in [5.41, 5.74) is 2.18. The summed E-state index contributed by atoms with van der Waals surface area (Å²) in [6.45, 7) is 1.97. The summed E-state index contributed by atoms with van der Waals surface area (Å²) in [5.74, 6) is 1.35. The number of hydrogen-bond acceptors (Lipinski definition) is 6. The molecule has 1 saturated heterocycles. The van der Waals surface area contributed by atoms with Gasteiger partial charge in [-0.2, -0.15) is 9.97 Å². The minimum atomic E-state index is 0.505. The van der Waals surface area contributed by atoms with E-state index in [9.17, 15) is 0 Å². The molecule has 4 rings (SSSR count). The van der Waals surface area contributed by atoms with Crippen molar-refractivity contribution >= 4 is 40.2 Å². The third-order valence-electron chi connectivity index (χ3n) is 4.05. The Morgan fingerprint density at radius 2 is 1.83 bits per heavy atom. The van der Waals surface area contributed by atoms with Gasteiger partial charge in [-0.25, -0.2) is 9.97 Å². The number of nitrogens with zero attached hydrogens (tertiary/aromatic N) is 5. The zero-order valence-electron chi connectivity index (χ0n) is 13.1. The van der Waals surface area contributed by atoms with Crippen molar-refractivity contribution < 1.29 is 0 Å². The van der Waals surface area contributed by atoms with E-state index in [1.807, 2.05) is 24.3 Å². The van der Waals surface area contributed by atoms with Crippen molar-refractivity contribution in [3.05, 3.63) is 41.7 Å². The van der Waals surface area contributed by atoms with Gasteiger partial charge >= 0.3 is 0 Å². The Balaban J connectivity index is 1.76. The zero-order chi connectivity index (χ0) is 16.4.